The maximum Gasteiger partial charge on any atom is 0.196 e. The number of thioether (sulfide) groups is 1. The van der Waals surface area contributed by atoms with E-state index in [1.54, 1.807) is 28.8 Å². The molecule has 0 atom stereocenters. The molecule has 3 nitrogen and oxygen atoms in total. The van der Waals surface area contributed by atoms with Crippen molar-refractivity contribution in [3.63, 3.8) is 0 Å². The van der Waals surface area contributed by atoms with Crippen LogP contribution in [0.25, 0.3) is 17.1 Å². The second-order valence-corrected chi connectivity index (χ2v) is 8.41. The van der Waals surface area contributed by atoms with Crippen molar-refractivity contribution in [1.29, 1.82) is 0 Å². The third kappa shape index (κ3) is 4.32. The highest BCUT2D eigenvalue weighted by atomic mass is 35.5. The van der Waals surface area contributed by atoms with Crippen molar-refractivity contribution in [3.05, 3.63) is 92.9 Å². The molecule has 0 aliphatic heterocycles. The van der Waals surface area contributed by atoms with Gasteiger partial charge in [0.15, 0.2) is 11.0 Å². The van der Waals surface area contributed by atoms with E-state index in [4.69, 9.17) is 34.8 Å². The van der Waals surface area contributed by atoms with Gasteiger partial charge in [-0.3, -0.25) is 4.57 Å². The smallest absolute Gasteiger partial charge is 0.196 e. The molecule has 4 rings (SSSR count). The number of aromatic nitrogens is 3. The van der Waals surface area contributed by atoms with E-state index < -0.39 is 11.6 Å². The molecule has 0 spiro atoms. The lowest BCUT2D eigenvalue weighted by Crippen LogP contribution is -2.00. The van der Waals surface area contributed by atoms with E-state index in [-0.39, 0.29) is 5.75 Å². The minimum Gasteiger partial charge on any atom is -0.270 e. The van der Waals surface area contributed by atoms with Gasteiger partial charge in [-0.25, -0.2) is 8.78 Å². The molecular weight excluding hydrogens is 471 g/mol. The Bertz CT molecular complexity index is 1230. The van der Waals surface area contributed by atoms with E-state index in [1.807, 2.05) is 18.2 Å². The van der Waals surface area contributed by atoms with Crippen LogP contribution < -0.4 is 0 Å². The standard InChI is InChI=1S/C21H12Cl3F2N3S/c22-16-4-2-1-3-15(16)20-27-28-21(29(20)14-7-8-17(23)18(24)10-14)30-11-12-5-6-13(25)9-19(12)26/h1-10H,11H2. The molecular formula is C21H12Cl3F2N3S. The molecule has 1 aromatic heterocycles. The van der Waals surface area contributed by atoms with E-state index in [0.29, 0.717) is 42.9 Å². The van der Waals surface area contributed by atoms with Crippen molar-refractivity contribution in [2.24, 2.45) is 0 Å². The number of rotatable bonds is 5. The predicted molar refractivity (Wildman–Crippen MR) is 118 cm³/mol. The SMILES string of the molecule is Fc1ccc(CSc2nnc(-c3ccccc3Cl)n2-c2ccc(Cl)c(Cl)c2)c(F)c1. The minimum absolute atomic E-state index is 0.230. The fourth-order valence-electron chi connectivity index (χ4n) is 2.82. The van der Waals surface area contributed by atoms with E-state index in [2.05, 4.69) is 10.2 Å². The number of hydrogen-bond donors (Lipinski definition) is 0. The molecule has 0 radical (unpaired) electrons. The summed E-state index contributed by atoms with van der Waals surface area (Å²) in [7, 11) is 0. The minimum atomic E-state index is -0.624. The molecule has 0 unspecified atom stereocenters. The number of halogens is 5. The van der Waals surface area contributed by atoms with Crippen molar-refractivity contribution in [1.82, 2.24) is 14.8 Å². The average Bonchev–Trinajstić information content (AvgIpc) is 3.13. The topological polar surface area (TPSA) is 30.7 Å². The fourth-order valence-corrected chi connectivity index (χ4v) is 4.27. The summed E-state index contributed by atoms with van der Waals surface area (Å²) in [5.41, 5.74) is 1.70. The van der Waals surface area contributed by atoms with Crippen LogP contribution in [0.3, 0.4) is 0 Å². The van der Waals surface area contributed by atoms with Gasteiger partial charge in [-0.2, -0.15) is 0 Å². The summed E-state index contributed by atoms with van der Waals surface area (Å²) in [6, 6.07) is 15.9. The van der Waals surface area contributed by atoms with Gasteiger partial charge in [0.05, 0.1) is 20.8 Å². The number of hydrogen-bond acceptors (Lipinski definition) is 3. The van der Waals surface area contributed by atoms with Crippen LogP contribution in [0.1, 0.15) is 5.56 Å². The van der Waals surface area contributed by atoms with Gasteiger partial charge in [-0.15, -0.1) is 10.2 Å². The van der Waals surface area contributed by atoms with E-state index in [0.717, 1.165) is 6.07 Å². The van der Waals surface area contributed by atoms with Crippen molar-refractivity contribution >= 4 is 46.6 Å². The highest BCUT2D eigenvalue weighted by Gasteiger charge is 2.19. The maximum absolute atomic E-state index is 14.1. The second-order valence-electron chi connectivity index (χ2n) is 6.24. The van der Waals surface area contributed by atoms with Gasteiger partial charge >= 0.3 is 0 Å². The molecule has 0 aliphatic rings. The Balaban J connectivity index is 1.78. The zero-order chi connectivity index (χ0) is 21.3. The molecule has 0 fully saturated rings. The Morgan fingerprint density at radius 1 is 0.833 bits per heavy atom. The van der Waals surface area contributed by atoms with Crippen molar-refractivity contribution in [2.75, 3.05) is 0 Å². The lowest BCUT2D eigenvalue weighted by Gasteiger charge is -2.12. The van der Waals surface area contributed by atoms with Gasteiger partial charge in [0.2, 0.25) is 0 Å². The Kier molecular flexibility index (Phi) is 6.29. The Morgan fingerprint density at radius 3 is 2.37 bits per heavy atom. The van der Waals surface area contributed by atoms with E-state index >= 15 is 0 Å². The van der Waals surface area contributed by atoms with Crippen molar-refractivity contribution < 1.29 is 8.78 Å². The van der Waals surface area contributed by atoms with Crippen LogP contribution in [0.4, 0.5) is 8.78 Å². The maximum atomic E-state index is 14.1. The van der Waals surface area contributed by atoms with Gasteiger partial charge in [0.25, 0.3) is 0 Å². The lowest BCUT2D eigenvalue weighted by molar-refractivity contribution is 0.576. The van der Waals surface area contributed by atoms with Crippen molar-refractivity contribution in [3.8, 4) is 17.1 Å². The first kappa shape index (κ1) is 21.1. The summed E-state index contributed by atoms with van der Waals surface area (Å²) in [5, 5.41) is 10.4. The van der Waals surface area contributed by atoms with E-state index in [1.165, 1.54) is 23.9 Å². The molecule has 0 bridgehead atoms. The van der Waals surface area contributed by atoms with E-state index in [9.17, 15) is 8.78 Å². The molecule has 1 heterocycles. The van der Waals surface area contributed by atoms with Gasteiger partial charge in [0, 0.05) is 17.4 Å². The molecule has 0 aliphatic carbocycles. The monoisotopic (exact) mass is 481 g/mol. The van der Waals surface area contributed by atoms with Crippen LogP contribution in [0.15, 0.2) is 65.8 Å². The largest absolute Gasteiger partial charge is 0.270 e. The first-order chi connectivity index (χ1) is 14.4. The molecule has 152 valence electrons. The number of benzene rings is 3. The van der Waals surface area contributed by atoms with Crippen molar-refractivity contribution in [2.45, 2.75) is 10.9 Å². The summed E-state index contributed by atoms with van der Waals surface area (Å²) >= 11 is 19.9. The van der Waals surface area contributed by atoms with Crippen LogP contribution in [0, 0.1) is 11.6 Å². The Labute approximate surface area is 190 Å². The first-order valence-electron chi connectivity index (χ1n) is 8.66. The third-order valence-electron chi connectivity index (χ3n) is 4.28. The van der Waals surface area contributed by atoms with Crippen LogP contribution in [0.5, 0.6) is 0 Å². The van der Waals surface area contributed by atoms with Crippen LogP contribution >= 0.6 is 46.6 Å². The zero-order valence-electron chi connectivity index (χ0n) is 15.1. The molecule has 30 heavy (non-hydrogen) atoms. The Hall–Kier alpha value is -2.12. The van der Waals surface area contributed by atoms with Crippen LogP contribution in [-0.2, 0) is 5.75 Å². The van der Waals surface area contributed by atoms with Gasteiger partial charge in [-0.1, -0.05) is 64.8 Å². The summed E-state index contributed by atoms with van der Waals surface area (Å²) < 4.78 is 29.0. The molecule has 0 saturated heterocycles. The molecule has 0 saturated carbocycles. The third-order valence-corrected chi connectivity index (χ3v) is 6.33. The molecule has 0 amide bonds. The Morgan fingerprint density at radius 2 is 1.63 bits per heavy atom. The molecule has 0 N–H and O–H groups in total. The highest BCUT2D eigenvalue weighted by molar-refractivity contribution is 7.98. The average molecular weight is 483 g/mol. The van der Waals surface area contributed by atoms with Gasteiger partial charge < -0.3 is 0 Å². The van der Waals surface area contributed by atoms with Crippen LogP contribution in [-0.4, -0.2) is 14.8 Å². The van der Waals surface area contributed by atoms with Gasteiger partial charge in [-0.05, 0) is 42.0 Å². The fraction of sp³-hybridized carbons (Fsp3) is 0.0476. The summed E-state index contributed by atoms with van der Waals surface area (Å²) in [6.45, 7) is 0. The number of nitrogens with zero attached hydrogens (tertiary/aromatic N) is 3. The summed E-state index contributed by atoms with van der Waals surface area (Å²) in [4.78, 5) is 0. The predicted octanol–water partition coefficient (Wildman–Crippen LogP) is 7.47. The highest BCUT2D eigenvalue weighted by Crippen LogP contribution is 2.35. The first-order valence-corrected chi connectivity index (χ1v) is 10.8. The quantitative estimate of drug-likeness (QED) is 0.276. The lowest BCUT2D eigenvalue weighted by atomic mass is 10.2. The normalized spacial score (nSPS) is 11.1. The second kappa shape index (κ2) is 8.94. The molecule has 9 heteroatoms. The summed E-state index contributed by atoms with van der Waals surface area (Å²) in [5.74, 6) is -0.509. The summed E-state index contributed by atoms with van der Waals surface area (Å²) in [6.07, 6.45) is 0. The molecule has 3 aromatic carbocycles. The van der Waals surface area contributed by atoms with Crippen LogP contribution in [0.2, 0.25) is 15.1 Å². The molecule has 4 aromatic rings. The zero-order valence-corrected chi connectivity index (χ0v) is 18.2. The van der Waals surface area contributed by atoms with Gasteiger partial charge in [0.1, 0.15) is 11.6 Å².